The second-order valence-corrected chi connectivity index (χ2v) is 5.81. The summed E-state index contributed by atoms with van der Waals surface area (Å²) in [6, 6.07) is 3.59. The summed E-state index contributed by atoms with van der Waals surface area (Å²) in [5.74, 6) is -1.25. The van der Waals surface area contributed by atoms with Crippen molar-refractivity contribution < 1.29 is 19.2 Å². The normalized spacial score (nSPS) is 15.0. The second kappa shape index (κ2) is 7.92. The standard InChI is InChI=1S/C15H17ClN2O5/c16-13-7-6-11(18(21)22)8-12(13)15(20)23-9-14(19)17-10-4-2-1-3-5-10/h6-8,10H,1-5,9H2,(H,17,19). The molecule has 1 aliphatic rings. The van der Waals surface area contributed by atoms with Crippen molar-refractivity contribution in [3.8, 4) is 0 Å². The number of esters is 1. The number of benzene rings is 1. The Labute approximate surface area is 138 Å². The van der Waals surface area contributed by atoms with Gasteiger partial charge in [0.25, 0.3) is 11.6 Å². The molecule has 0 atom stereocenters. The molecule has 0 radical (unpaired) electrons. The van der Waals surface area contributed by atoms with E-state index in [1.165, 1.54) is 18.6 Å². The molecule has 124 valence electrons. The number of hydrogen-bond donors (Lipinski definition) is 1. The summed E-state index contributed by atoms with van der Waals surface area (Å²) in [5.41, 5.74) is -0.403. The number of carbonyl (C=O) groups is 2. The lowest BCUT2D eigenvalue weighted by atomic mass is 9.95. The smallest absolute Gasteiger partial charge is 0.340 e. The summed E-state index contributed by atoms with van der Waals surface area (Å²) >= 11 is 5.84. The molecule has 0 aromatic heterocycles. The van der Waals surface area contributed by atoms with Gasteiger partial charge in [0.15, 0.2) is 6.61 Å². The third kappa shape index (κ3) is 4.92. The van der Waals surface area contributed by atoms with Gasteiger partial charge >= 0.3 is 5.97 Å². The molecule has 8 heteroatoms. The molecule has 23 heavy (non-hydrogen) atoms. The van der Waals surface area contributed by atoms with Crippen molar-refractivity contribution in [1.82, 2.24) is 5.32 Å². The van der Waals surface area contributed by atoms with Crippen molar-refractivity contribution in [2.24, 2.45) is 0 Å². The van der Waals surface area contributed by atoms with Gasteiger partial charge in [-0.1, -0.05) is 30.9 Å². The summed E-state index contributed by atoms with van der Waals surface area (Å²) in [7, 11) is 0. The number of nitro benzene ring substituents is 1. The Balaban J connectivity index is 1.90. The first-order valence-electron chi connectivity index (χ1n) is 7.38. The summed E-state index contributed by atoms with van der Waals surface area (Å²) in [6.07, 6.45) is 5.18. The predicted octanol–water partition coefficient (Wildman–Crippen LogP) is 2.85. The summed E-state index contributed by atoms with van der Waals surface area (Å²) in [4.78, 5) is 33.8. The van der Waals surface area contributed by atoms with E-state index in [1.54, 1.807) is 0 Å². The minimum absolute atomic E-state index is 0.0355. The van der Waals surface area contributed by atoms with Crippen molar-refractivity contribution in [3.63, 3.8) is 0 Å². The topological polar surface area (TPSA) is 98.5 Å². The molecule has 1 aromatic carbocycles. The molecule has 0 spiro atoms. The van der Waals surface area contributed by atoms with Crippen LogP contribution in [0.1, 0.15) is 42.5 Å². The Hall–Kier alpha value is -2.15. The third-order valence-corrected chi connectivity index (χ3v) is 4.01. The van der Waals surface area contributed by atoms with Crippen LogP contribution in [-0.4, -0.2) is 29.4 Å². The first-order valence-corrected chi connectivity index (χ1v) is 7.75. The molecule has 1 amide bonds. The van der Waals surface area contributed by atoms with Crippen LogP contribution >= 0.6 is 11.6 Å². The molecular formula is C15H17ClN2O5. The van der Waals surface area contributed by atoms with Crippen molar-refractivity contribution in [1.29, 1.82) is 0 Å². The quantitative estimate of drug-likeness (QED) is 0.505. The van der Waals surface area contributed by atoms with Crippen molar-refractivity contribution in [3.05, 3.63) is 38.9 Å². The van der Waals surface area contributed by atoms with Crippen LogP contribution in [0.4, 0.5) is 5.69 Å². The highest BCUT2D eigenvalue weighted by atomic mass is 35.5. The summed E-state index contributed by atoms with van der Waals surface area (Å²) in [5, 5.41) is 13.6. The Kier molecular flexibility index (Phi) is 5.92. The van der Waals surface area contributed by atoms with E-state index in [1.807, 2.05) is 0 Å². The number of carbonyl (C=O) groups excluding carboxylic acids is 2. The highest BCUT2D eigenvalue weighted by molar-refractivity contribution is 6.33. The number of ether oxygens (including phenoxy) is 1. The number of nitrogens with zero attached hydrogens (tertiary/aromatic N) is 1. The van der Waals surface area contributed by atoms with Crippen LogP contribution in [0.15, 0.2) is 18.2 Å². The molecule has 7 nitrogen and oxygen atoms in total. The lowest BCUT2D eigenvalue weighted by Crippen LogP contribution is -2.38. The minimum Gasteiger partial charge on any atom is -0.452 e. The minimum atomic E-state index is -0.863. The van der Waals surface area contributed by atoms with Crippen LogP contribution in [0.5, 0.6) is 0 Å². The molecule has 0 heterocycles. The highest BCUT2D eigenvalue weighted by Gasteiger charge is 2.20. The number of non-ortho nitro benzene ring substituents is 1. The maximum atomic E-state index is 11.9. The Morgan fingerprint density at radius 2 is 2.00 bits per heavy atom. The van der Waals surface area contributed by atoms with E-state index in [4.69, 9.17) is 16.3 Å². The highest BCUT2D eigenvalue weighted by Crippen LogP contribution is 2.22. The van der Waals surface area contributed by atoms with Crippen molar-refractivity contribution in [2.45, 2.75) is 38.1 Å². The summed E-state index contributed by atoms with van der Waals surface area (Å²) in [6.45, 7) is -0.436. The fourth-order valence-corrected chi connectivity index (χ4v) is 2.70. The van der Waals surface area contributed by atoms with Gasteiger partial charge in [-0.05, 0) is 18.9 Å². The van der Waals surface area contributed by atoms with Gasteiger partial charge in [0.05, 0.1) is 15.5 Å². The van der Waals surface area contributed by atoms with Crippen LogP contribution in [0.2, 0.25) is 5.02 Å². The molecule has 1 aliphatic carbocycles. The fraction of sp³-hybridized carbons (Fsp3) is 0.467. The Morgan fingerprint density at radius 1 is 1.30 bits per heavy atom. The zero-order valence-electron chi connectivity index (χ0n) is 12.4. The van der Waals surface area contributed by atoms with E-state index in [-0.39, 0.29) is 28.2 Å². The van der Waals surface area contributed by atoms with Gasteiger partial charge in [0, 0.05) is 18.2 Å². The van der Waals surface area contributed by atoms with Gasteiger partial charge in [-0.3, -0.25) is 14.9 Å². The molecular weight excluding hydrogens is 324 g/mol. The van der Waals surface area contributed by atoms with E-state index in [2.05, 4.69) is 5.32 Å². The molecule has 1 fully saturated rings. The van der Waals surface area contributed by atoms with Crippen LogP contribution in [0.25, 0.3) is 0 Å². The maximum Gasteiger partial charge on any atom is 0.340 e. The fourth-order valence-electron chi connectivity index (χ4n) is 2.51. The van der Waals surface area contributed by atoms with Crippen molar-refractivity contribution in [2.75, 3.05) is 6.61 Å². The number of hydrogen-bond acceptors (Lipinski definition) is 5. The van der Waals surface area contributed by atoms with Gasteiger partial charge in [0.1, 0.15) is 0 Å². The van der Waals surface area contributed by atoms with E-state index in [0.717, 1.165) is 31.7 Å². The lowest BCUT2D eigenvalue weighted by Gasteiger charge is -2.22. The SMILES string of the molecule is O=C(COC(=O)c1cc([N+](=O)[O-])ccc1Cl)NC1CCCCC1. The largest absolute Gasteiger partial charge is 0.452 e. The predicted molar refractivity (Wildman–Crippen MR) is 83.4 cm³/mol. The molecule has 2 rings (SSSR count). The molecule has 1 aromatic rings. The maximum absolute atomic E-state index is 11.9. The molecule has 0 aliphatic heterocycles. The van der Waals surface area contributed by atoms with Crippen LogP contribution < -0.4 is 5.32 Å². The third-order valence-electron chi connectivity index (χ3n) is 3.69. The number of rotatable bonds is 5. The van der Waals surface area contributed by atoms with Gasteiger partial charge < -0.3 is 10.1 Å². The molecule has 0 bridgehead atoms. The second-order valence-electron chi connectivity index (χ2n) is 5.40. The molecule has 1 N–H and O–H groups in total. The van der Waals surface area contributed by atoms with Gasteiger partial charge in [-0.2, -0.15) is 0 Å². The molecule has 1 saturated carbocycles. The number of nitro groups is 1. The van der Waals surface area contributed by atoms with Crippen molar-refractivity contribution >= 4 is 29.2 Å². The first kappa shape index (κ1) is 17.2. The zero-order valence-corrected chi connectivity index (χ0v) is 13.2. The average Bonchev–Trinajstić information content (AvgIpc) is 2.53. The van der Waals surface area contributed by atoms with Gasteiger partial charge in [-0.25, -0.2) is 4.79 Å². The molecule has 0 saturated heterocycles. The number of halogens is 1. The first-order chi connectivity index (χ1) is 11.0. The van der Waals surface area contributed by atoms with E-state index in [0.29, 0.717) is 0 Å². The number of amides is 1. The van der Waals surface area contributed by atoms with Crippen LogP contribution in [0.3, 0.4) is 0 Å². The van der Waals surface area contributed by atoms with Gasteiger partial charge in [-0.15, -0.1) is 0 Å². The Morgan fingerprint density at radius 3 is 2.65 bits per heavy atom. The number of nitrogens with one attached hydrogen (secondary N) is 1. The average molecular weight is 341 g/mol. The van der Waals surface area contributed by atoms with E-state index in [9.17, 15) is 19.7 Å². The molecule has 0 unspecified atom stereocenters. The van der Waals surface area contributed by atoms with Gasteiger partial charge in [0.2, 0.25) is 0 Å². The summed E-state index contributed by atoms with van der Waals surface area (Å²) < 4.78 is 4.89. The van der Waals surface area contributed by atoms with E-state index < -0.39 is 17.5 Å². The van der Waals surface area contributed by atoms with Crippen LogP contribution in [0, 0.1) is 10.1 Å². The zero-order chi connectivity index (χ0) is 16.8. The van der Waals surface area contributed by atoms with Crippen LogP contribution in [-0.2, 0) is 9.53 Å². The van der Waals surface area contributed by atoms with E-state index >= 15 is 0 Å². The monoisotopic (exact) mass is 340 g/mol. The lowest BCUT2D eigenvalue weighted by molar-refractivity contribution is -0.384. The Bertz CT molecular complexity index is 614.